The van der Waals surface area contributed by atoms with Gasteiger partial charge in [0.2, 0.25) is 0 Å². The molecule has 0 nitrogen and oxygen atoms in total. The number of hydrogen-bond acceptors (Lipinski definition) is 6. The molecule has 2 unspecified atom stereocenters. The van der Waals surface area contributed by atoms with Gasteiger partial charge >= 0.3 is 222 Å². The topological polar surface area (TPSA) is 0 Å². The van der Waals surface area contributed by atoms with Gasteiger partial charge in [-0.2, -0.15) is 0 Å². The van der Waals surface area contributed by atoms with Crippen LogP contribution in [0.4, 0.5) is 0 Å². The van der Waals surface area contributed by atoms with Gasteiger partial charge in [0.25, 0.3) is 0 Å². The van der Waals surface area contributed by atoms with E-state index in [1.54, 1.807) is 56.9 Å². The number of unbranched alkanes of at least 4 members (excludes halogenated alkanes) is 34. The van der Waals surface area contributed by atoms with E-state index in [1.165, 1.54) is 318 Å². The zero-order chi connectivity index (χ0) is 58.7. The summed E-state index contributed by atoms with van der Waals surface area (Å²) in [5.74, 6) is 1.97. The zero-order valence-corrected chi connectivity index (χ0v) is 63.1. The number of aryl methyl sites for hydroxylation is 3. The van der Waals surface area contributed by atoms with E-state index >= 15 is 0 Å². The maximum absolute atomic E-state index is 2.60. The molecule has 83 heavy (non-hydrogen) atoms. The molecule has 0 aliphatic heterocycles. The van der Waals surface area contributed by atoms with Crippen molar-refractivity contribution in [2.24, 2.45) is 11.8 Å². The first-order valence-electron chi connectivity index (χ1n) is 36.3. The van der Waals surface area contributed by atoms with Crippen LogP contribution in [0.15, 0.2) is 24.3 Å². The van der Waals surface area contributed by atoms with Crippen molar-refractivity contribution in [3.63, 3.8) is 0 Å². The van der Waals surface area contributed by atoms with Crippen molar-refractivity contribution in [3.8, 4) is 19.5 Å². The van der Waals surface area contributed by atoms with Crippen LogP contribution in [0.3, 0.4) is 0 Å². The predicted molar refractivity (Wildman–Crippen MR) is 394 cm³/mol. The Morgan fingerprint density at radius 1 is 0.289 bits per heavy atom. The van der Waals surface area contributed by atoms with E-state index in [-0.39, 0.29) is 0 Å². The number of hydrogen-bond donors (Lipinski definition) is 0. The first-order valence-corrected chi connectivity index (χ1v) is 51.1. The Morgan fingerprint density at radius 3 is 0.855 bits per heavy atom. The van der Waals surface area contributed by atoms with Gasteiger partial charge in [-0.1, -0.05) is 278 Å². The second kappa shape index (κ2) is 42.7. The zero-order valence-electron chi connectivity index (χ0n) is 55.4. The fourth-order valence-corrected chi connectivity index (χ4v) is 27.3. The Balaban J connectivity index is 1.04. The van der Waals surface area contributed by atoms with Crippen LogP contribution in [0.25, 0.3) is 47.7 Å². The number of thiophene rings is 6. The molecule has 0 spiro atoms. The fourth-order valence-electron chi connectivity index (χ4n) is 13.6. The number of fused-ring (bicyclic) bond motifs is 5. The standard InChI is InChI=1S/C73H117S6.3CH3.Sn/c1-6-10-14-18-22-24-32-40-49-60(47-38-30-20-16-12-8-3)51-42-34-26-28-36-44-53-62-66(64-55-46-58-74-64)76-70-68(62)78-73-71-69(79-72(70)73)63(67(77-71)65-57-56-59(5)75-65)54-45-37-29-27-35-43-52-61(48-39-31-21-17-13-9-4)50-41-33-25-23-19-15-11-7-2;;;;/h46,55-57,60-61H,6-45,47-54H2,1-5H3;3*1H3;. The Bertz CT molecular complexity index is 2540. The van der Waals surface area contributed by atoms with E-state index in [1.807, 2.05) is 11.3 Å². The monoisotopic (exact) mass is 1350 g/mol. The molecule has 0 fully saturated rings. The van der Waals surface area contributed by atoms with Crippen LogP contribution in [0.1, 0.15) is 339 Å². The molecule has 0 N–H and O–H groups in total. The van der Waals surface area contributed by atoms with Crippen molar-refractivity contribution in [1.82, 2.24) is 0 Å². The molecule has 7 heteroatoms. The Labute approximate surface area is 541 Å². The molecule has 0 amide bonds. The summed E-state index contributed by atoms with van der Waals surface area (Å²) in [6, 6.07) is 9.86. The summed E-state index contributed by atoms with van der Waals surface area (Å²) in [7, 11) is 0. The summed E-state index contributed by atoms with van der Waals surface area (Å²) < 4.78 is 11.4. The summed E-state index contributed by atoms with van der Waals surface area (Å²) in [6.07, 6.45) is 68.9. The Kier molecular flexibility index (Phi) is 37.0. The van der Waals surface area contributed by atoms with Crippen molar-refractivity contribution < 1.29 is 0 Å². The second-order valence-corrected chi connectivity index (χ2v) is 49.4. The minimum atomic E-state index is -2.18. The SMILES string of the molecule is CCCCCCCCCCC(CCCCCCCC)CCCCCCCCc1c(-c2ccc(C)s2)sc2c1sc1c3sc(-c4cc[c]([Sn]([CH3])([CH3])[CH3])s4)c(CCCCCCCCC(CCCCCCCC)CCCCCCCCCC)c3sc21. The van der Waals surface area contributed by atoms with Crippen LogP contribution in [0, 0.1) is 18.8 Å². The van der Waals surface area contributed by atoms with E-state index < -0.39 is 18.4 Å². The van der Waals surface area contributed by atoms with E-state index in [9.17, 15) is 0 Å². The van der Waals surface area contributed by atoms with Crippen molar-refractivity contribution in [3.05, 3.63) is 40.3 Å². The molecule has 6 aromatic rings. The molecular weight excluding hydrogens is 1220 g/mol. The minimum absolute atomic E-state index is 0.983. The molecule has 0 saturated carbocycles. The van der Waals surface area contributed by atoms with Crippen molar-refractivity contribution in [2.75, 3.05) is 0 Å². The van der Waals surface area contributed by atoms with Crippen LogP contribution in [0.2, 0.25) is 14.8 Å². The van der Waals surface area contributed by atoms with Crippen LogP contribution in [-0.2, 0) is 12.8 Å². The van der Waals surface area contributed by atoms with Crippen LogP contribution in [-0.4, -0.2) is 18.4 Å². The summed E-state index contributed by atoms with van der Waals surface area (Å²) in [4.78, 5) is 15.5. The maximum atomic E-state index is 2.60. The van der Waals surface area contributed by atoms with E-state index in [0.29, 0.717) is 0 Å². The molecule has 0 aliphatic carbocycles. The third kappa shape index (κ3) is 25.9. The van der Waals surface area contributed by atoms with Crippen LogP contribution in [0.5, 0.6) is 0 Å². The molecule has 6 rings (SSSR count). The molecular formula is C76H126S6Sn. The molecule has 470 valence electrons. The Morgan fingerprint density at radius 2 is 0.566 bits per heavy atom. The van der Waals surface area contributed by atoms with Gasteiger partial charge in [0.15, 0.2) is 0 Å². The van der Waals surface area contributed by atoms with E-state index in [4.69, 9.17) is 0 Å². The predicted octanol–water partition coefficient (Wildman–Crippen LogP) is 30.0. The van der Waals surface area contributed by atoms with Crippen LogP contribution >= 0.6 is 68.0 Å². The summed E-state index contributed by atoms with van der Waals surface area (Å²) in [5, 5.41) is 0. The second-order valence-electron chi connectivity index (χ2n) is 27.5. The fraction of sp³-hybridized carbons (Fsp3) is 0.763. The third-order valence-corrected chi connectivity index (χ3v) is 36.5. The third-order valence-electron chi connectivity index (χ3n) is 18.9. The molecule has 0 aliphatic rings. The summed E-state index contributed by atoms with van der Waals surface area (Å²) in [6.45, 7) is 11.7. The van der Waals surface area contributed by atoms with Gasteiger partial charge in [-0.15, -0.1) is 11.3 Å². The quantitative estimate of drug-likeness (QED) is 0.0264. The molecule has 6 aromatic heterocycles. The van der Waals surface area contributed by atoms with Gasteiger partial charge in [0, 0.05) is 4.88 Å². The normalized spacial score (nSPS) is 13.1. The first-order chi connectivity index (χ1) is 40.7. The molecule has 0 saturated heterocycles. The van der Waals surface area contributed by atoms with Gasteiger partial charge in [0.1, 0.15) is 0 Å². The molecule has 0 bridgehead atoms. The van der Waals surface area contributed by atoms with E-state index in [2.05, 4.69) is 130 Å². The van der Waals surface area contributed by atoms with Gasteiger partial charge in [-0.3, -0.25) is 0 Å². The van der Waals surface area contributed by atoms with Gasteiger partial charge in [-0.25, -0.2) is 0 Å². The van der Waals surface area contributed by atoms with Crippen molar-refractivity contribution >= 4 is 117 Å². The summed E-state index contributed by atoms with van der Waals surface area (Å²) in [5.41, 5.74) is 3.38. The molecule has 0 aromatic carbocycles. The van der Waals surface area contributed by atoms with Crippen molar-refractivity contribution in [2.45, 2.75) is 358 Å². The first kappa shape index (κ1) is 71.8. The number of rotatable bonds is 53. The molecule has 0 radical (unpaired) electrons. The van der Waals surface area contributed by atoms with Crippen LogP contribution < -0.4 is 2.89 Å². The van der Waals surface area contributed by atoms with Gasteiger partial charge < -0.3 is 0 Å². The summed E-state index contributed by atoms with van der Waals surface area (Å²) >= 11 is 10.7. The van der Waals surface area contributed by atoms with Gasteiger partial charge in [-0.05, 0) is 30.9 Å². The van der Waals surface area contributed by atoms with E-state index in [0.717, 1.165) is 11.8 Å². The average Bonchev–Trinajstić information content (AvgIpc) is 3.95. The van der Waals surface area contributed by atoms with Gasteiger partial charge in [0.05, 0.1) is 0 Å². The molecule has 6 heterocycles. The average molecular weight is 1350 g/mol. The Hall–Kier alpha value is -0.221. The van der Waals surface area contributed by atoms with Crippen molar-refractivity contribution in [1.29, 1.82) is 0 Å². The molecule has 2 atom stereocenters.